The second kappa shape index (κ2) is 5.41. The van der Waals surface area contributed by atoms with Gasteiger partial charge in [0.1, 0.15) is 12.4 Å². The number of rotatable bonds is 5. The Bertz CT molecular complexity index is 609. The summed E-state index contributed by atoms with van der Waals surface area (Å²) in [5.41, 5.74) is 2.71. The summed E-state index contributed by atoms with van der Waals surface area (Å²) in [6.45, 7) is 0.296. The summed E-state index contributed by atoms with van der Waals surface area (Å²) in [6.07, 6.45) is 2.44. The van der Waals surface area contributed by atoms with Gasteiger partial charge in [0, 0.05) is 30.4 Å². The van der Waals surface area contributed by atoms with Crippen molar-refractivity contribution in [2.75, 3.05) is 12.4 Å². The van der Waals surface area contributed by atoms with Crippen LogP contribution < -0.4 is 10.1 Å². The minimum atomic E-state index is 0.232. The molecule has 4 heteroatoms. The molecule has 4 nitrogen and oxygen atoms in total. The van der Waals surface area contributed by atoms with E-state index in [1.807, 2.05) is 31.3 Å². The van der Waals surface area contributed by atoms with E-state index < -0.39 is 0 Å². The Morgan fingerprint density at radius 3 is 2.80 bits per heavy atom. The lowest BCUT2D eigenvalue weighted by molar-refractivity contribution is 0.287. The largest absolute Gasteiger partial charge is 0.507 e. The highest BCUT2D eigenvalue weighted by Gasteiger charge is 2.25. The maximum Gasteiger partial charge on any atom is 0.213 e. The van der Waals surface area contributed by atoms with E-state index >= 15 is 0 Å². The number of nitrogens with one attached hydrogen (secondary N) is 1. The lowest BCUT2D eigenvalue weighted by Crippen LogP contribution is -2.02. The first kappa shape index (κ1) is 12.8. The van der Waals surface area contributed by atoms with Crippen molar-refractivity contribution >= 4 is 5.69 Å². The summed E-state index contributed by atoms with van der Waals surface area (Å²) < 4.78 is 5.72. The van der Waals surface area contributed by atoms with E-state index in [2.05, 4.69) is 10.3 Å². The number of hydrogen-bond acceptors (Lipinski definition) is 4. The monoisotopic (exact) mass is 270 g/mol. The standard InChI is InChI=1S/C16H18N2O2/c1-17-14-5-2-6-15(19)12(14)10-20-16-7-3-4-13(18-16)11-8-9-11/h2-7,11,17,19H,8-10H2,1H3. The van der Waals surface area contributed by atoms with Crippen LogP contribution in [0.3, 0.4) is 0 Å². The zero-order valence-electron chi connectivity index (χ0n) is 11.5. The number of nitrogens with zero attached hydrogens (tertiary/aromatic N) is 1. The molecule has 1 aromatic heterocycles. The van der Waals surface area contributed by atoms with Gasteiger partial charge in [0.2, 0.25) is 5.88 Å². The molecule has 1 aromatic carbocycles. The van der Waals surface area contributed by atoms with Gasteiger partial charge in [-0.3, -0.25) is 0 Å². The van der Waals surface area contributed by atoms with Gasteiger partial charge in [0.15, 0.2) is 0 Å². The molecule has 1 aliphatic rings. The van der Waals surface area contributed by atoms with Crippen LogP contribution in [-0.2, 0) is 6.61 Å². The molecular weight excluding hydrogens is 252 g/mol. The fraction of sp³-hybridized carbons (Fsp3) is 0.312. The van der Waals surface area contributed by atoms with Crippen LogP contribution in [0.5, 0.6) is 11.6 Å². The van der Waals surface area contributed by atoms with Crippen LogP contribution in [0.2, 0.25) is 0 Å². The molecular formula is C16H18N2O2. The Labute approximate surface area is 118 Å². The molecule has 2 aromatic rings. The number of hydrogen-bond donors (Lipinski definition) is 2. The van der Waals surface area contributed by atoms with E-state index in [9.17, 15) is 5.11 Å². The fourth-order valence-corrected chi connectivity index (χ4v) is 2.22. The third-order valence-corrected chi connectivity index (χ3v) is 3.53. The first-order valence-electron chi connectivity index (χ1n) is 6.86. The molecule has 0 atom stereocenters. The minimum Gasteiger partial charge on any atom is -0.507 e. The Kier molecular flexibility index (Phi) is 3.46. The summed E-state index contributed by atoms with van der Waals surface area (Å²) in [7, 11) is 1.82. The molecule has 20 heavy (non-hydrogen) atoms. The number of pyridine rings is 1. The lowest BCUT2D eigenvalue weighted by Gasteiger charge is -2.12. The first-order chi connectivity index (χ1) is 9.78. The Morgan fingerprint density at radius 2 is 2.05 bits per heavy atom. The van der Waals surface area contributed by atoms with Gasteiger partial charge in [-0.05, 0) is 31.0 Å². The first-order valence-corrected chi connectivity index (χ1v) is 6.86. The molecule has 1 aliphatic carbocycles. The number of aromatic hydroxyl groups is 1. The maximum atomic E-state index is 9.91. The molecule has 0 spiro atoms. The van der Waals surface area contributed by atoms with Gasteiger partial charge in [0.05, 0.1) is 5.56 Å². The van der Waals surface area contributed by atoms with E-state index in [0.717, 1.165) is 16.9 Å². The molecule has 0 bridgehead atoms. The average molecular weight is 270 g/mol. The number of anilines is 1. The van der Waals surface area contributed by atoms with Crippen LogP contribution in [0, 0.1) is 0 Å². The molecule has 0 unspecified atom stereocenters. The van der Waals surface area contributed by atoms with Gasteiger partial charge in [-0.15, -0.1) is 0 Å². The molecule has 104 valence electrons. The van der Waals surface area contributed by atoms with E-state index in [4.69, 9.17) is 4.74 Å². The second-order valence-electron chi connectivity index (χ2n) is 5.02. The van der Waals surface area contributed by atoms with Crippen molar-refractivity contribution in [3.8, 4) is 11.6 Å². The quantitative estimate of drug-likeness (QED) is 0.875. The highest BCUT2D eigenvalue weighted by Crippen LogP contribution is 2.39. The van der Waals surface area contributed by atoms with Crippen molar-refractivity contribution in [2.24, 2.45) is 0 Å². The smallest absolute Gasteiger partial charge is 0.213 e. The topological polar surface area (TPSA) is 54.4 Å². The molecule has 0 radical (unpaired) electrons. The predicted molar refractivity (Wildman–Crippen MR) is 78.2 cm³/mol. The van der Waals surface area contributed by atoms with Crippen molar-refractivity contribution in [3.05, 3.63) is 47.7 Å². The van der Waals surface area contributed by atoms with Crippen LogP contribution in [0.15, 0.2) is 36.4 Å². The number of aromatic nitrogens is 1. The van der Waals surface area contributed by atoms with Crippen LogP contribution >= 0.6 is 0 Å². The highest BCUT2D eigenvalue weighted by atomic mass is 16.5. The maximum absolute atomic E-state index is 9.91. The van der Waals surface area contributed by atoms with E-state index in [1.165, 1.54) is 12.8 Å². The van der Waals surface area contributed by atoms with Gasteiger partial charge < -0.3 is 15.2 Å². The molecule has 1 heterocycles. The SMILES string of the molecule is CNc1cccc(O)c1COc1cccc(C2CC2)n1. The summed E-state index contributed by atoms with van der Waals surface area (Å²) in [6, 6.07) is 11.2. The molecule has 0 amide bonds. The Morgan fingerprint density at radius 1 is 1.25 bits per heavy atom. The van der Waals surface area contributed by atoms with Crippen LogP contribution in [0.1, 0.15) is 30.0 Å². The number of benzene rings is 1. The normalized spacial score (nSPS) is 14.1. The van der Waals surface area contributed by atoms with Crippen LogP contribution in [0.4, 0.5) is 5.69 Å². The Balaban J connectivity index is 1.74. The molecule has 0 saturated heterocycles. The molecule has 3 rings (SSSR count). The second-order valence-corrected chi connectivity index (χ2v) is 5.02. The number of phenolic OH excluding ortho intramolecular Hbond substituents is 1. The fourth-order valence-electron chi connectivity index (χ4n) is 2.22. The van der Waals surface area contributed by atoms with Crippen molar-refractivity contribution in [1.82, 2.24) is 4.98 Å². The van der Waals surface area contributed by atoms with Gasteiger partial charge in [-0.1, -0.05) is 12.1 Å². The molecule has 1 fully saturated rings. The summed E-state index contributed by atoms with van der Waals surface area (Å²) in [5, 5.41) is 13.0. The molecule has 0 aliphatic heterocycles. The lowest BCUT2D eigenvalue weighted by atomic mass is 10.1. The zero-order valence-corrected chi connectivity index (χ0v) is 11.5. The Hall–Kier alpha value is -2.23. The van der Waals surface area contributed by atoms with E-state index in [0.29, 0.717) is 18.4 Å². The van der Waals surface area contributed by atoms with Gasteiger partial charge in [0.25, 0.3) is 0 Å². The van der Waals surface area contributed by atoms with Gasteiger partial charge >= 0.3 is 0 Å². The zero-order chi connectivity index (χ0) is 13.9. The van der Waals surface area contributed by atoms with Gasteiger partial charge in [-0.25, -0.2) is 4.98 Å². The average Bonchev–Trinajstić information content (AvgIpc) is 3.30. The van der Waals surface area contributed by atoms with Crippen molar-refractivity contribution in [2.45, 2.75) is 25.4 Å². The van der Waals surface area contributed by atoms with Crippen molar-refractivity contribution < 1.29 is 9.84 Å². The highest BCUT2D eigenvalue weighted by molar-refractivity contribution is 5.56. The number of phenols is 1. The van der Waals surface area contributed by atoms with Crippen molar-refractivity contribution in [1.29, 1.82) is 0 Å². The number of ether oxygens (including phenoxy) is 1. The van der Waals surface area contributed by atoms with Crippen molar-refractivity contribution in [3.63, 3.8) is 0 Å². The summed E-state index contributed by atoms with van der Waals surface area (Å²) in [5.74, 6) is 1.45. The third kappa shape index (κ3) is 2.69. The van der Waals surface area contributed by atoms with Gasteiger partial charge in [-0.2, -0.15) is 0 Å². The summed E-state index contributed by atoms with van der Waals surface area (Å²) >= 11 is 0. The molecule has 1 saturated carbocycles. The van der Waals surface area contributed by atoms with E-state index in [-0.39, 0.29) is 5.75 Å². The van der Waals surface area contributed by atoms with Crippen LogP contribution in [0.25, 0.3) is 0 Å². The van der Waals surface area contributed by atoms with E-state index in [1.54, 1.807) is 12.1 Å². The molecule has 2 N–H and O–H groups in total. The summed E-state index contributed by atoms with van der Waals surface area (Å²) in [4.78, 5) is 4.51. The minimum absolute atomic E-state index is 0.232. The predicted octanol–water partition coefficient (Wildman–Crippen LogP) is 3.29. The third-order valence-electron chi connectivity index (χ3n) is 3.53. The van der Waals surface area contributed by atoms with Crippen LogP contribution in [-0.4, -0.2) is 17.1 Å².